The second-order valence-electron chi connectivity index (χ2n) is 17.7. The Labute approximate surface area is 418 Å². The lowest BCUT2D eigenvalue weighted by atomic mass is 9.99. The minimum absolute atomic E-state index is 0.00159. The lowest BCUT2D eigenvalue weighted by molar-refractivity contribution is -0.301. The molecule has 0 amide bonds. The van der Waals surface area contributed by atoms with E-state index in [4.69, 9.17) is 18.9 Å². The number of carbonyl (C=O) groups excluding carboxylic acids is 1. The summed E-state index contributed by atoms with van der Waals surface area (Å²) < 4.78 is 59.2. The van der Waals surface area contributed by atoms with Gasteiger partial charge in [0.1, 0.15) is 30.5 Å². The molecular weight excluding hydrogens is 897 g/mol. The molecule has 13 heteroatoms. The lowest BCUT2D eigenvalue weighted by Crippen LogP contribution is -2.60. The zero-order valence-corrected chi connectivity index (χ0v) is 43.4. The number of aliphatic hydroxyl groups excluding tert-OH is 3. The Morgan fingerprint density at radius 3 is 1.48 bits per heavy atom. The largest absolute Gasteiger partial charge is 0.457 e. The van der Waals surface area contributed by atoms with Crippen LogP contribution < -0.4 is 0 Å². The highest BCUT2D eigenvalue weighted by Crippen LogP contribution is 2.26. The molecule has 69 heavy (non-hydrogen) atoms. The van der Waals surface area contributed by atoms with E-state index < -0.39 is 59.8 Å². The molecule has 0 aromatic heterocycles. The molecule has 1 fully saturated rings. The first-order valence-electron chi connectivity index (χ1n) is 26.5. The number of ether oxygens (including phenoxy) is 4. The molecule has 0 aliphatic carbocycles. The van der Waals surface area contributed by atoms with E-state index in [9.17, 15) is 33.1 Å². The third kappa shape index (κ3) is 39.3. The van der Waals surface area contributed by atoms with Crippen molar-refractivity contribution in [1.29, 1.82) is 0 Å². The van der Waals surface area contributed by atoms with Crippen molar-refractivity contribution in [2.24, 2.45) is 0 Å². The first kappa shape index (κ1) is 64.0. The van der Waals surface area contributed by atoms with Gasteiger partial charge in [0.25, 0.3) is 0 Å². The van der Waals surface area contributed by atoms with Crippen molar-refractivity contribution in [1.82, 2.24) is 0 Å². The number of carbonyl (C=O) groups is 1. The molecule has 1 heterocycles. The lowest BCUT2D eigenvalue weighted by Gasteiger charge is -2.41. The molecule has 1 aliphatic rings. The van der Waals surface area contributed by atoms with Crippen molar-refractivity contribution in [2.45, 2.75) is 224 Å². The molecule has 0 radical (unpaired) electrons. The summed E-state index contributed by atoms with van der Waals surface area (Å²) in [5.41, 5.74) is 0. The number of hydrogen-bond donors (Lipinski definition) is 4. The standard InChI is InChI=1S/C56H94O12S/c1-3-5-7-9-11-13-15-17-19-21-23-24-25-26-27-28-30-32-34-36-38-40-42-44-46-64-48-50(49-65-56-54(60)55(68-69(61,62)63)53(59)51(47-57)67-56)66-52(58)45-43-41-39-37-35-33-31-29-22-20-18-16-14-12-10-8-6-4-2/h5,7,11,13,17,19-20,22-24,26-27,30,32,36,38,50-51,53-57,59-60H,3-4,6,8-10,12,14-16,18,21,25,28-29,31,33-35,37,39-49H2,1-2H3,(H,61,62,63)/b7-5-,13-11-,19-17-,22-20-,24-23-,27-26-,32-30-,38-36-. The molecular formula is C56H94O12S. The van der Waals surface area contributed by atoms with E-state index in [0.717, 1.165) is 89.9 Å². The number of allylic oxidation sites excluding steroid dienone is 16. The first-order chi connectivity index (χ1) is 33.6. The molecule has 1 rings (SSSR count). The Morgan fingerprint density at radius 1 is 0.565 bits per heavy atom. The Balaban J connectivity index is 2.40. The van der Waals surface area contributed by atoms with Crippen LogP contribution in [0.15, 0.2) is 97.2 Å². The summed E-state index contributed by atoms with van der Waals surface area (Å²) in [4.78, 5) is 12.9. The Hall–Kier alpha value is -2.98. The van der Waals surface area contributed by atoms with Gasteiger partial charge in [-0.15, -0.1) is 0 Å². The average Bonchev–Trinajstić information content (AvgIpc) is 3.32. The summed E-state index contributed by atoms with van der Waals surface area (Å²) in [7, 11) is -5.08. The maximum Gasteiger partial charge on any atom is 0.397 e. The van der Waals surface area contributed by atoms with Crippen LogP contribution in [0.4, 0.5) is 0 Å². The Bertz CT molecular complexity index is 1570. The van der Waals surface area contributed by atoms with E-state index in [-0.39, 0.29) is 19.6 Å². The van der Waals surface area contributed by atoms with Gasteiger partial charge in [-0.2, -0.15) is 8.42 Å². The first-order valence-corrected chi connectivity index (χ1v) is 27.9. The molecule has 0 bridgehead atoms. The van der Waals surface area contributed by atoms with Gasteiger partial charge in [-0.3, -0.25) is 9.35 Å². The fraction of sp³-hybridized carbons (Fsp3) is 0.696. The van der Waals surface area contributed by atoms with E-state index >= 15 is 0 Å². The fourth-order valence-electron chi connectivity index (χ4n) is 7.47. The van der Waals surface area contributed by atoms with Gasteiger partial charge in [0.15, 0.2) is 6.29 Å². The smallest absolute Gasteiger partial charge is 0.397 e. The van der Waals surface area contributed by atoms with Crippen LogP contribution in [-0.2, 0) is 38.3 Å². The molecule has 1 aliphatic heterocycles. The van der Waals surface area contributed by atoms with Gasteiger partial charge in [-0.05, 0) is 96.3 Å². The molecule has 6 unspecified atom stereocenters. The van der Waals surface area contributed by atoms with Crippen LogP contribution in [0, 0.1) is 0 Å². The maximum absolute atomic E-state index is 12.9. The molecule has 4 N–H and O–H groups in total. The van der Waals surface area contributed by atoms with Crippen molar-refractivity contribution in [3.05, 3.63) is 97.2 Å². The van der Waals surface area contributed by atoms with Gasteiger partial charge in [0.2, 0.25) is 0 Å². The minimum atomic E-state index is -5.08. The van der Waals surface area contributed by atoms with Crippen molar-refractivity contribution in [3.8, 4) is 0 Å². The second-order valence-corrected chi connectivity index (χ2v) is 18.8. The van der Waals surface area contributed by atoms with Crippen molar-refractivity contribution >= 4 is 16.4 Å². The third-order valence-electron chi connectivity index (χ3n) is 11.4. The van der Waals surface area contributed by atoms with Gasteiger partial charge in [0.05, 0.1) is 19.8 Å². The van der Waals surface area contributed by atoms with Gasteiger partial charge < -0.3 is 34.3 Å². The molecule has 12 nitrogen and oxygen atoms in total. The van der Waals surface area contributed by atoms with Crippen molar-refractivity contribution in [2.75, 3.05) is 26.4 Å². The van der Waals surface area contributed by atoms with E-state index in [0.29, 0.717) is 13.0 Å². The van der Waals surface area contributed by atoms with Gasteiger partial charge in [-0.1, -0.05) is 182 Å². The van der Waals surface area contributed by atoms with Crippen LogP contribution in [0.1, 0.15) is 187 Å². The minimum Gasteiger partial charge on any atom is -0.457 e. The molecule has 0 aromatic rings. The van der Waals surface area contributed by atoms with Gasteiger partial charge >= 0.3 is 16.4 Å². The van der Waals surface area contributed by atoms with Crippen LogP contribution in [0.25, 0.3) is 0 Å². The van der Waals surface area contributed by atoms with E-state index in [1.165, 1.54) is 70.6 Å². The SMILES string of the molecule is CC/C=C\C/C=C\C/C=C\C/C=C\C/C=C\C/C=C\C/C=C\CCCCOCC(COC1OC(CO)C(O)C(OS(=O)(=O)O)C1O)OC(=O)CCCCCCCCC/C=C\CCCCCCCCC. The van der Waals surface area contributed by atoms with Crippen LogP contribution >= 0.6 is 0 Å². The molecule has 0 saturated carbocycles. The Morgan fingerprint density at radius 2 is 1.00 bits per heavy atom. The molecule has 396 valence electrons. The van der Waals surface area contributed by atoms with E-state index in [2.05, 4.69) is 115 Å². The predicted molar refractivity (Wildman–Crippen MR) is 280 cm³/mol. The normalized spacial score (nSPS) is 20.0. The van der Waals surface area contributed by atoms with E-state index in [1.54, 1.807) is 0 Å². The Kier molecular flexibility index (Phi) is 42.8. The highest BCUT2D eigenvalue weighted by Gasteiger charge is 2.48. The second kappa shape index (κ2) is 46.1. The number of rotatable bonds is 45. The molecule has 0 aromatic carbocycles. The molecule has 0 spiro atoms. The van der Waals surface area contributed by atoms with Crippen LogP contribution in [0.2, 0.25) is 0 Å². The van der Waals surface area contributed by atoms with Crippen LogP contribution in [0.3, 0.4) is 0 Å². The van der Waals surface area contributed by atoms with Crippen molar-refractivity contribution in [3.63, 3.8) is 0 Å². The molecule has 1 saturated heterocycles. The third-order valence-corrected chi connectivity index (χ3v) is 11.9. The highest BCUT2D eigenvalue weighted by atomic mass is 32.3. The summed E-state index contributed by atoms with van der Waals surface area (Å²) in [6, 6.07) is 0. The number of hydrogen-bond acceptors (Lipinski definition) is 11. The maximum atomic E-state index is 12.9. The zero-order chi connectivity index (χ0) is 50.3. The topological polar surface area (TPSA) is 178 Å². The van der Waals surface area contributed by atoms with Gasteiger partial charge in [-0.25, -0.2) is 4.18 Å². The monoisotopic (exact) mass is 991 g/mol. The zero-order valence-electron chi connectivity index (χ0n) is 42.6. The summed E-state index contributed by atoms with van der Waals surface area (Å²) in [6.07, 6.45) is 54.4. The van der Waals surface area contributed by atoms with Gasteiger partial charge in [0, 0.05) is 13.0 Å². The molecule has 6 atom stereocenters. The van der Waals surface area contributed by atoms with Crippen LogP contribution in [0.5, 0.6) is 0 Å². The highest BCUT2D eigenvalue weighted by molar-refractivity contribution is 7.80. The van der Waals surface area contributed by atoms with E-state index in [1.807, 2.05) is 0 Å². The summed E-state index contributed by atoms with van der Waals surface area (Å²) in [5.74, 6) is -0.422. The number of unbranched alkanes of at least 4 members (excludes halogenated alkanes) is 16. The predicted octanol–water partition coefficient (Wildman–Crippen LogP) is 12.6. The van der Waals surface area contributed by atoms with Crippen molar-refractivity contribution < 1.29 is 56.2 Å². The summed E-state index contributed by atoms with van der Waals surface area (Å²) in [6.45, 7) is 3.76. The number of esters is 1. The fourth-order valence-corrected chi connectivity index (χ4v) is 7.98. The summed E-state index contributed by atoms with van der Waals surface area (Å²) in [5, 5.41) is 30.8. The average molecular weight is 991 g/mol. The summed E-state index contributed by atoms with van der Waals surface area (Å²) >= 11 is 0. The van der Waals surface area contributed by atoms with Crippen LogP contribution in [-0.4, -0.2) is 97.5 Å². The quantitative estimate of drug-likeness (QED) is 0.0197. The number of aliphatic hydroxyl groups is 3.